The molecule has 0 unspecified atom stereocenters. The Balaban J connectivity index is 1.44. The number of nitrogens with one attached hydrogen (secondary N) is 2. The van der Waals surface area contributed by atoms with Gasteiger partial charge in [-0.05, 0) is 17.7 Å². The van der Waals surface area contributed by atoms with E-state index in [0.717, 1.165) is 79.1 Å². The molecular weight excluding hydrogens is 450 g/mol. The summed E-state index contributed by atoms with van der Waals surface area (Å²) in [6, 6.07) is 22.5. The SMILES string of the molecule is [NH3+]Cc1ccc(-c2nc3ccnc(C(=O)NCCC[NH+]4CCOCC4)c3cc2-c2ccccc2)cc1. The van der Waals surface area contributed by atoms with Gasteiger partial charge in [0.15, 0.2) is 0 Å². The standard InChI is InChI=1S/C29H31N5O2/c30-20-21-7-9-23(10-8-21)27-24(22-5-2-1-3-6-22)19-25-26(33-27)11-13-31-28(25)29(35)32-12-4-14-34-15-17-36-18-16-34/h1-3,5-11,13,19H,4,12,14-18,20,30H2,(H,32,35)/p+2. The lowest BCUT2D eigenvalue weighted by atomic mass is 9.96. The van der Waals surface area contributed by atoms with Gasteiger partial charge in [0.2, 0.25) is 0 Å². The van der Waals surface area contributed by atoms with Gasteiger partial charge in [-0.15, -0.1) is 0 Å². The van der Waals surface area contributed by atoms with Crippen molar-refractivity contribution in [2.75, 3.05) is 39.4 Å². The van der Waals surface area contributed by atoms with Gasteiger partial charge in [0.05, 0.1) is 37.5 Å². The summed E-state index contributed by atoms with van der Waals surface area (Å²) in [6.45, 7) is 6.11. The fourth-order valence-corrected chi connectivity index (χ4v) is 4.70. The smallest absolute Gasteiger partial charge is 0.270 e. The Kier molecular flexibility index (Phi) is 7.61. The first-order valence-corrected chi connectivity index (χ1v) is 12.7. The van der Waals surface area contributed by atoms with Crippen molar-refractivity contribution in [1.29, 1.82) is 0 Å². The molecule has 184 valence electrons. The lowest BCUT2D eigenvalue weighted by Crippen LogP contribution is -3.14. The zero-order valence-corrected chi connectivity index (χ0v) is 20.5. The molecule has 0 atom stereocenters. The first-order valence-electron chi connectivity index (χ1n) is 12.7. The predicted molar refractivity (Wildman–Crippen MR) is 140 cm³/mol. The van der Waals surface area contributed by atoms with Gasteiger partial charge in [0, 0.05) is 41.2 Å². The molecule has 7 nitrogen and oxygen atoms in total. The van der Waals surface area contributed by atoms with E-state index in [9.17, 15) is 4.79 Å². The van der Waals surface area contributed by atoms with E-state index in [1.54, 1.807) is 6.20 Å². The Morgan fingerprint density at radius 3 is 2.53 bits per heavy atom. The Bertz CT molecular complexity index is 1320. The van der Waals surface area contributed by atoms with E-state index in [0.29, 0.717) is 12.2 Å². The van der Waals surface area contributed by atoms with Gasteiger partial charge in [0.1, 0.15) is 18.8 Å². The average Bonchev–Trinajstić information content (AvgIpc) is 2.95. The van der Waals surface area contributed by atoms with Crippen LogP contribution in [-0.2, 0) is 11.3 Å². The van der Waals surface area contributed by atoms with Gasteiger partial charge < -0.3 is 20.7 Å². The van der Waals surface area contributed by atoms with Crippen LogP contribution in [0.1, 0.15) is 22.5 Å². The molecule has 2 aromatic heterocycles. The summed E-state index contributed by atoms with van der Waals surface area (Å²) in [5.41, 5.74) is 10.3. The van der Waals surface area contributed by atoms with Crippen LogP contribution in [0.25, 0.3) is 33.3 Å². The first-order chi connectivity index (χ1) is 17.7. The molecule has 3 heterocycles. The number of aromatic nitrogens is 2. The quantitative estimate of drug-likeness (QED) is 0.333. The number of carbonyl (C=O) groups excluding carboxylic acids is 1. The third-order valence-corrected chi connectivity index (χ3v) is 6.75. The number of morpholine rings is 1. The summed E-state index contributed by atoms with van der Waals surface area (Å²) in [4.78, 5) is 24.2. The molecule has 0 aliphatic carbocycles. The number of pyridine rings is 2. The maximum atomic E-state index is 13.1. The number of amides is 1. The summed E-state index contributed by atoms with van der Waals surface area (Å²) >= 11 is 0. The Labute approximate surface area is 211 Å². The minimum atomic E-state index is -0.161. The van der Waals surface area contributed by atoms with Gasteiger partial charge in [-0.25, -0.2) is 4.98 Å². The molecule has 36 heavy (non-hydrogen) atoms. The summed E-state index contributed by atoms with van der Waals surface area (Å²) < 4.78 is 5.42. The summed E-state index contributed by atoms with van der Waals surface area (Å²) in [5, 5.41) is 3.82. The van der Waals surface area contributed by atoms with Gasteiger partial charge in [0.25, 0.3) is 5.91 Å². The third-order valence-electron chi connectivity index (χ3n) is 6.75. The number of benzene rings is 2. The van der Waals surface area contributed by atoms with Crippen molar-refractivity contribution in [2.45, 2.75) is 13.0 Å². The van der Waals surface area contributed by atoms with Crippen molar-refractivity contribution in [2.24, 2.45) is 0 Å². The predicted octanol–water partition coefficient (Wildman–Crippen LogP) is 1.74. The number of rotatable bonds is 8. The monoisotopic (exact) mass is 483 g/mol. The van der Waals surface area contributed by atoms with E-state index in [1.807, 2.05) is 24.3 Å². The summed E-state index contributed by atoms with van der Waals surface area (Å²) in [5.74, 6) is -0.161. The molecule has 1 saturated heterocycles. The molecule has 1 amide bonds. The van der Waals surface area contributed by atoms with E-state index < -0.39 is 0 Å². The molecule has 0 radical (unpaired) electrons. The Morgan fingerprint density at radius 1 is 1.00 bits per heavy atom. The molecule has 4 aromatic rings. The van der Waals surface area contributed by atoms with Crippen LogP contribution >= 0.6 is 0 Å². The fourth-order valence-electron chi connectivity index (χ4n) is 4.70. The van der Waals surface area contributed by atoms with Crippen molar-refractivity contribution in [3.05, 3.63) is 84.2 Å². The molecule has 1 aliphatic rings. The van der Waals surface area contributed by atoms with Crippen molar-refractivity contribution in [1.82, 2.24) is 15.3 Å². The molecule has 5 N–H and O–H groups in total. The highest BCUT2D eigenvalue weighted by Gasteiger charge is 2.18. The van der Waals surface area contributed by atoms with Crippen molar-refractivity contribution < 1.29 is 20.2 Å². The molecule has 5 rings (SSSR count). The highest BCUT2D eigenvalue weighted by atomic mass is 16.5. The Hall–Kier alpha value is -3.65. The minimum Gasteiger partial charge on any atom is -0.370 e. The number of carbonyl (C=O) groups is 1. The number of hydrogen-bond donors (Lipinski definition) is 3. The molecule has 1 aliphatic heterocycles. The lowest BCUT2D eigenvalue weighted by Gasteiger charge is -2.23. The number of fused-ring (bicyclic) bond motifs is 1. The second-order valence-electron chi connectivity index (χ2n) is 9.15. The van der Waals surface area contributed by atoms with Gasteiger partial charge >= 0.3 is 0 Å². The van der Waals surface area contributed by atoms with E-state index >= 15 is 0 Å². The Morgan fingerprint density at radius 2 is 1.78 bits per heavy atom. The van der Waals surface area contributed by atoms with Crippen LogP contribution < -0.4 is 16.0 Å². The van der Waals surface area contributed by atoms with Crippen molar-refractivity contribution in [3.63, 3.8) is 0 Å². The lowest BCUT2D eigenvalue weighted by molar-refractivity contribution is -0.908. The molecular formula is C29H33N5O2+2. The molecule has 2 aromatic carbocycles. The minimum absolute atomic E-state index is 0.161. The molecule has 0 bridgehead atoms. The summed E-state index contributed by atoms with van der Waals surface area (Å²) in [6.07, 6.45) is 2.59. The number of ether oxygens (including phenoxy) is 1. The molecule has 1 fully saturated rings. The first kappa shape index (κ1) is 24.1. The molecule has 7 heteroatoms. The topological polar surface area (TPSA) is 96.2 Å². The largest absolute Gasteiger partial charge is 0.370 e. The van der Waals surface area contributed by atoms with Gasteiger partial charge in [-0.3, -0.25) is 9.78 Å². The van der Waals surface area contributed by atoms with Gasteiger partial charge in [-0.2, -0.15) is 0 Å². The van der Waals surface area contributed by atoms with E-state index in [1.165, 1.54) is 10.5 Å². The third kappa shape index (κ3) is 5.44. The highest BCUT2D eigenvalue weighted by molar-refractivity contribution is 6.06. The molecule has 0 spiro atoms. The highest BCUT2D eigenvalue weighted by Crippen LogP contribution is 2.34. The second-order valence-corrected chi connectivity index (χ2v) is 9.15. The van der Waals surface area contributed by atoms with E-state index in [4.69, 9.17) is 9.72 Å². The van der Waals surface area contributed by atoms with Crippen LogP contribution in [0.4, 0.5) is 0 Å². The zero-order valence-electron chi connectivity index (χ0n) is 20.5. The molecule has 0 saturated carbocycles. The second kappa shape index (κ2) is 11.4. The zero-order chi connectivity index (χ0) is 24.7. The van der Waals surface area contributed by atoms with Crippen LogP contribution in [0.3, 0.4) is 0 Å². The van der Waals surface area contributed by atoms with Crippen molar-refractivity contribution >= 4 is 16.8 Å². The van der Waals surface area contributed by atoms with Gasteiger partial charge in [-0.1, -0.05) is 54.6 Å². The normalized spacial score (nSPS) is 14.1. The van der Waals surface area contributed by atoms with Crippen LogP contribution in [0, 0.1) is 0 Å². The number of hydrogen-bond acceptors (Lipinski definition) is 4. The number of nitrogens with zero attached hydrogens (tertiary/aromatic N) is 2. The van der Waals surface area contributed by atoms with Crippen LogP contribution in [0.15, 0.2) is 72.9 Å². The maximum Gasteiger partial charge on any atom is 0.270 e. The van der Waals surface area contributed by atoms with Crippen LogP contribution in [0.2, 0.25) is 0 Å². The van der Waals surface area contributed by atoms with E-state index in [2.05, 4.69) is 58.5 Å². The average molecular weight is 484 g/mol. The maximum absolute atomic E-state index is 13.1. The summed E-state index contributed by atoms with van der Waals surface area (Å²) in [7, 11) is 0. The van der Waals surface area contributed by atoms with E-state index in [-0.39, 0.29) is 5.91 Å². The fraction of sp³-hybridized carbons (Fsp3) is 0.276. The van der Waals surface area contributed by atoms with Crippen LogP contribution in [0.5, 0.6) is 0 Å². The number of quaternary nitrogens is 2. The van der Waals surface area contributed by atoms with Crippen LogP contribution in [-0.4, -0.2) is 55.3 Å². The van der Waals surface area contributed by atoms with Crippen molar-refractivity contribution in [3.8, 4) is 22.4 Å².